The number of ketones is 1. The van der Waals surface area contributed by atoms with E-state index in [1.807, 2.05) is 0 Å². The highest BCUT2D eigenvalue weighted by Crippen LogP contribution is 2.33. The highest BCUT2D eigenvalue weighted by atomic mass is 32.2. The van der Waals surface area contributed by atoms with Gasteiger partial charge in [-0.05, 0) is 53.2 Å². The summed E-state index contributed by atoms with van der Waals surface area (Å²) in [6.45, 7) is -0.107. The van der Waals surface area contributed by atoms with Gasteiger partial charge >= 0.3 is 0 Å². The first-order valence-electron chi connectivity index (χ1n) is 10.2. The van der Waals surface area contributed by atoms with Crippen molar-refractivity contribution in [1.29, 1.82) is 0 Å². The molecular formula is C25H18N2O6S. The molecule has 0 radical (unpaired) electrons. The highest BCUT2D eigenvalue weighted by Gasteiger charge is 2.36. The molecular weight excluding hydrogens is 456 g/mol. The average Bonchev–Trinajstić information content (AvgIpc) is 3.11. The third-order valence-electron chi connectivity index (χ3n) is 4.98. The van der Waals surface area contributed by atoms with Crippen molar-refractivity contribution in [2.75, 3.05) is 6.54 Å². The maximum Gasteiger partial charge on any atom is 0.293 e. The highest BCUT2D eigenvalue weighted by molar-refractivity contribution is 8.18. The van der Waals surface area contributed by atoms with E-state index in [-0.39, 0.29) is 29.5 Å². The van der Waals surface area contributed by atoms with Crippen LogP contribution in [0.5, 0.6) is 5.75 Å². The van der Waals surface area contributed by atoms with Gasteiger partial charge in [-0.15, -0.1) is 0 Å². The van der Waals surface area contributed by atoms with Crippen LogP contribution in [0.15, 0.2) is 83.8 Å². The van der Waals surface area contributed by atoms with Crippen LogP contribution in [0.3, 0.4) is 0 Å². The number of ether oxygens (including phenoxy) is 1. The lowest BCUT2D eigenvalue weighted by atomic mass is 10.1. The summed E-state index contributed by atoms with van der Waals surface area (Å²) in [6.07, 6.45) is 1.58. The van der Waals surface area contributed by atoms with Gasteiger partial charge in [-0.2, -0.15) is 0 Å². The number of thioether (sulfide) groups is 1. The van der Waals surface area contributed by atoms with Crippen LogP contribution in [0.4, 0.5) is 10.5 Å². The summed E-state index contributed by atoms with van der Waals surface area (Å²) in [5.41, 5.74) is 1.86. The molecule has 8 nitrogen and oxygen atoms in total. The average molecular weight is 474 g/mol. The van der Waals surface area contributed by atoms with Gasteiger partial charge in [0.05, 0.1) is 16.4 Å². The van der Waals surface area contributed by atoms with Gasteiger partial charge < -0.3 is 4.74 Å². The zero-order valence-electron chi connectivity index (χ0n) is 17.7. The molecule has 2 amide bonds. The van der Waals surface area contributed by atoms with Crippen LogP contribution in [0, 0.1) is 10.1 Å². The van der Waals surface area contributed by atoms with E-state index in [0.29, 0.717) is 16.9 Å². The van der Waals surface area contributed by atoms with Gasteiger partial charge in [-0.25, -0.2) is 0 Å². The number of nitro groups is 1. The van der Waals surface area contributed by atoms with Crippen LogP contribution < -0.4 is 4.74 Å². The van der Waals surface area contributed by atoms with Crippen LogP contribution >= 0.6 is 11.8 Å². The number of amides is 2. The lowest BCUT2D eigenvalue weighted by Crippen LogP contribution is -2.33. The van der Waals surface area contributed by atoms with Gasteiger partial charge in [0.15, 0.2) is 5.78 Å². The Morgan fingerprint density at radius 1 is 1.00 bits per heavy atom. The zero-order chi connectivity index (χ0) is 24.1. The molecule has 0 N–H and O–H groups in total. The third kappa shape index (κ3) is 5.38. The fourth-order valence-corrected chi connectivity index (χ4v) is 4.06. The van der Waals surface area contributed by atoms with E-state index in [1.54, 1.807) is 72.8 Å². The molecule has 170 valence electrons. The van der Waals surface area contributed by atoms with Crippen molar-refractivity contribution in [3.05, 3.63) is 111 Å². The number of non-ortho nitro benzene ring substituents is 1. The van der Waals surface area contributed by atoms with Gasteiger partial charge in [0.1, 0.15) is 12.4 Å². The second-order valence-electron chi connectivity index (χ2n) is 7.34. The number of carbonyl (C=O) groups excluding carboxylic acids is 3. The molecule has 1 saturated heterocycles. The minimum atomic E-state index is -0.517. The van der Waals surface area contributed by atoms with Crippen LogP contribution in [0.1, 0.15) is 21.5 Å². The second-order valence-corrected chi connectivity index (χ2v) is 8.33. The molecule has 9 heteroatoms. The third-order valence-corrected chi connectivity index (χ3v) is 5.89. The first-order valence-corrected chi connectivity index (χ1v) is 11.0. The van der Waals surface area contributed by atoms with E-state index in [2.05, 4.69) is 0 Å². The number of rotatable bonds is 8. The van der Waals surface area contributed by atoms with Crippen LogP contribution in [-0.2, 0) is 11.4 Å². The van der Waals surface area contributed by atoms with Crippen molar-refractivity contribution < 1.29 is 24.0 Å². The van der Waals surface area contributed by atoms with Gasteiger partial charge in [0.2, 0.25) is 0 Å². The Labute approximate surface area is 199 Å². The predicted molar refractivity (Wildman–Crippen MR) is 127 cm³/mol. The Morgan fingerprint density at radius 3 is 2.44 bits per heavy atom. The summed E-state index contributed by atoms with van der Waals surface area (Å²) < 4.78 is 5.76. The first kappa shape index (κ1) is 22.9. The molecule has 1 aliphatic rings. The SMILES string of the molecule is O=C(CN1C(=O)S/C(=C/c2cccc(OCc3ccc([N+](=O)[O-])cc3)c2)C1=O)c1ccccc1. The zero-order valence-corrected chi connectivity index (χ0v) is 18.6. The van der Waals surface area contributed by atoms with E-state index >= 15 is 0 Å². The topological polar surface area (TPSA) is 107 Å². The number of benzene rings is 3. The lowest BCUT2D eigenvalue weighted by Gasteiger charge is -2.11. The fraction of sp³-hybridized carbons (Fsp3) is 0.0800. The molecule has 1 aliphatic heterocycles. The molecule has 0 aliphatic carbocycles. The predicted octanol–water partition coefficient (Wildman–Crippen LogP) is 5.09. The molecule has 0 aromatic heterocycles. The smallest absolute Gasteiger partial charge is 0.293 e. The Hall–Kier alpha value is -4.24. The minimum absolute atomic E-state index is 0.00478. The monoisotopic (exact) mass is 474 g/mol. The summed E-state index contributed by atoms with van der Waals surface area (Å²) in [5, 5.41) is 10.3. The molecule has 0 atom stereocenters. The van der Waals surface area contributed by atoms with Gasteiger partial charge in [0, 0.05) is 17.7 Å². The molecule has 34 heavy (non-hydrogen) atoms. The normalized spacial score (nSPS) is 14.5. The number of nitro benzene ring substituents is 1. The van der Waals surface area contributed by atoms with E-state index in [4.69, 9.17) is 4.74 Å². The van der Waals surface area contributed by atoms with E-state index < -0.39 is 16.1 Å². The molecule has 1 fully saturated rings. The van der Waals surface area contributed by atoms with Gasteiger partial charge in [-0.1, -0.05) is 42.5 Å². The molecule has 0 unspecified atom stereocenters. The molecule has 4 rings (SSSR count). The number of carbonyl (C=O) groups is 3. The lowest BCUT2D eigenvalue weighted by molar-refractivity contribution is -0.384. The maximum absolute atomic E-state index is 12.7. The van der Waals surface area contributed by atoms with Crippen molar-refractivity contribution in [3.8, 4) is 5.75 Å². The fourth-order valence-electron chi connectivity index (χ4n) is 3.22. The van der Waals surface area contributed by atoms with Gasteiger partial charge in [-0.3, -0.25) is 29.4 Å². The molecule has 3 aromatic carbocycles. The second kappa shape index (κ2) is 10.1. The van der Waals surface area contributed by atoms with Crippen molar-refractivity contribution >= 4 is 40.5 Å². The van der Waals surface area contributed by atoms with Crippen molar-refractivity contribution in [1.82, 2.24) is 4.90 Å². The molecule has 0 saturated carbocycles. The summed E-state index contributed by atoms with van der Waals surface area (Å²) in [6, 6.07) is 21.5. The number of hydrogen-bond donors (Lipinski definition) is 0. The van der Waals surface area contributed by atoms with Crippen molar-refractivity contribution in [2.45, 2.75) is 6.61 Å². The number of hydrogen-bond acceptors (Lipinski definition) is 7. The Bertz CT molecular complexity index is 1290. The first-order chi connectivity index (χ1) is 16.4. The molecule has 0 bridgehead atoms. The Morgan fingerprint density at radius 2 is 1.74 bits per heavy atom. The Balaban J connectivity index is 1.42. The van der Waals surface area contributed by atoms with E-state index in [1.165, 1.54) is 12.1 Å². The van der Waals surface area contributed by atoms with Crippen molar-refractivity contribution in [2.24, 2.45) is 0 Å². The van der Waals surface area contributed by atoms with Gasteiger partial charge in [0.25, 0.3) is 16.8 Å². The number of nitrogens with zero attached hydrogens (tertiary/aromatic N) is 2. The maximum atomic E-state index is 12.7. The molecule has 0 spiro atoms. The van der Waals surface area contributed by atoms with Crippen LogP contribution in [0.2, 0.25) is 0 Å². The number of imide groups is 1. The molecule has 3 aromatic rings. The largest absolute Gasteiger partial charge is 0.489 e. The Kier molecular flexibility index (Phi) is 6.84. The summed E-state index contributed by atoms with van der Waals surface area (Å²) >= 11 is 0.784. The summed E-state index contributed by atoms with van der Waals surface area (Å²) in [5.74, 6) is -0.298. The quantitative estimate of drug-likeness (QED) is 0.194. The van der Waals surface area contributed by atoms with E-state index in [0.717, 1.165) is 22.2 Å². The van der Waals surface area contributed by atoms with Crippen LogP contribution in [0.25, 0.3) is 6.08 Å². The summed E-state index contributed by atoms with van der Waals surface area (Å²) in [4.78, 5) is 49.0. The minimum Gasteiger partial charge on any atom is -0.489 e. The summed E-state index contributed by atoms with van der Waals surface area (Å²) in [7, 11) is 0. The number of Topliss-reactive ketones (excluding diaryl/α,β-unsaturated/α-hetero) is 1. The van der Waals surface area contributed by atoms with Crippen LogP contribution in [-0.4, -0.2) is 33.3 Å². The molecule has 1 heterocycles. The standard InChI is InChI=1S/C25H18N2O6S/c28-22(19-6-2-1-3-7-19)15-26-24(29)23(34-25(26)30)14-18-5-4-8-21(13-18)33-16-17-9-11-20(12-10-17)27(31)32/h1-14H,15-16H2/b23-14+. The van der Waals surface area contributed by atoms with E-state index in [9.17, 15) is 24.5 Å². The van der Waals surface area contributed by atoms with Crippen molar-refractivity contribution in [3.63, 3.8) is 0 Å².